The average molecular weight is 257 g/mol. The van der Waals surface area contributed by atoms with Crippen LogP contribution in [0.15, 0.2) is 0 Å². The van der Waals surface area contributed by atoms with Gasteiger partial charge in [0.1, 0.15) is 5.54 Å². The van der Waals surface area contributed by atoms with Gasteiger partial charge in [0.05, 0.1) is 0 Å². The Morgan fingerprint density at radius 2 is 2.06 bits per heavy atom. The number of nitrogens with one attached hydrogen (secondary N) is 1. The Morgan fingerprint density at radius 1 is 1.39 bits per heavy atom. The number of likely N-dealkylation sites (N-methyl/N-ethyl adjacent to an activating group) is 1. The first-order chi connectivity index (χ1) is 8.38. The van der Waals surface area contributed by atoms with Crippen molar-refractivity contribution in [3.63, 3.8) is 0 Å². The lowest BCUT2D eigenvalue weighted by atomic mass is 9.89. The highest BCUT2D eigenvalue weighted by Gasteiger charge is 2.43. The molecule has 18 heavy (non-hydrogen) atoms. The molecule has 0 aromatic rings. The summed E-state index contributed by atoms with van der Waals surface area (Å²) in [6, 6.07) is -0.276. The highest BCUT2D eigenvalue weighted by atomic mass is 16.4. The van der Waals surface area contributed by atoms with E-state index in [4.69, 9.17) is 0 Å². The lowest BCUT2D eigenvalue weighted by Gasteiger charge is -2.41. The van der Waals surface area contributed by atoms with Gasteiger partial charge in [-0.05, 0) is 40.3 Å². The van der Waals surface area contributed by atoms with Crippen LogP contribution in [0.3, 0.4) is 0 Å². The molecule has 0 spiro atoms. The zero-order valence-electron chi connectivity index (χ0n) is 11.4. The zero-order valence-corrected chi connectivity index (χ0v) is 11.4. The van der Waals surface area contributed by atoms with Crippen molar-refractivity contribution in [2.24, 2.45) is 0 Å². The quantitative estimate of drug-likeness (QED) is 0.773. The van der Waals surface area contributed by atoms with Crippen LogP contribution in [0.2, 0.25) is 0 Å². The molecule has 0 saturated carbocycles. The molecule has 1 atom stereocenters. The van der Waals surface area contributed by atoms with Crippen LogP contribution in [0.25, 0.3) is 0 Å². The fourth-order valence-electron chi connectivity index (χ4n) is 2.15. The van der Waals surface area contributed by atoms with Gasteiger partial charge in [-0.25, -0.2) is 9.59 Å². The topological polar surface area (TPSA) is 72.9 Å². The number of piperidine rings is 1. The van der Waals surface area contributed by atoms with E-state index < -0.39 is 11.5 Å². The number of nitrogens with zero attached hydrogens (tertiary/aromatic N) is 2. The third-order valence-electron chi connectivity index (χ3n) is 3.43. The Morgan fingerprint density at radius 3 is 2.61 bits per heavy atom. The second-order valence-corrected chi connectivity index (χ2v) is 5.22. The fourth-order valence-corrected chi connectivity index (χ4v) is 2.15. The van der Waals surface area contributed by atoms with E-state index in [1.807, 2.05) is 19.0 Å². The number of aliphatic carboxylic acids is 1. The van der Waals surface area contributed by atoms with Crippen molar-refractivity contribution in [1.82, 2.24) is 15.1 Å². The molecule has 1 aliphatic heterocycles. The number of amides is 2. The van der Waals surface area contributed by atoms with Crippen LogP contribution in [-0.4, -0.2) is 66.2 Å². The van der Waals surface area contributed by atoms with Crippen molar-refractivity contribution in [2.75, 3.05) is 33.7 Å². The number of carbonyl (C=O) groups excluding carboxylic acids is 1. The molecule has 2 amide bonds. The Labute approximate surface area is 108 Å². The lowest BCUT2D eigenvalue weighted by molar-refractivity contribution is -0.150. The second kappa shape index (κ2) is 6.04. The first-order valence-corrected chi connectivity index (χ1v) is 6.31. The third kappa shape index (κ3) is 3.35. The molecule has 0 radical (unpaired) electrons. The summed E-state index contributed by atoms with van der Waals surface area (Å²) in [7, 11) is 3.85. The highest BCUT2D eigenvalue weighted by Crippen LogP contribution is 2.28. The van der Waals surface area contributed by atoms with Crippen LogP contribution in [-0.2, 0) is 4.79 Å². The van der Waals surface area contributed by atoms with E-state index in [0.29, 0.717) is 19.5 Å². The summed E-state index contributed by atoms with van der Waals surface area (Å²) in [4.78, 5) is 26.8. The number of hydrogen-bond acceptors (Lipinski definition) is 3. The summed E-state index contributed by atoms with van der Waals surface area (Å²) in [5.74, 6) is -0.926. The van der Waals surface area contributed by atoms with E-state index in [1.54, 1.807) is 6.92 Å². The lowest BCUT2D eigenvalue weighted by Crippen LogP contribution is -2.60. The summed E-state index contributed by atoms with van der Waals surface area (Å²) in [6.45, 7) is 3.40. The van der Waals surface area contributed by atoms with E-state index in [9.17, 15) is 14.7 Å². The van der Waals surface area contributed by atoms with Crippen molar-refractivity contribution < 1.29 is 14.7 Å². The molecule has 1 fully saturated rings. The average Bonchev–Trinajstić information content (AvgIpc) is 2.28. The van der Waals surface area contributed by atoms with Gasteiger partial charge in [0.25, 0.3) is 0 Å². The number of carboxylic acid groups (broad SMARTS) is 1. The smallest absolute Gasteiger partial charge is 0.329 e. The van der Waals surface area contributed by atoms with Gasteiger partial charge >= 0.3 is 12.0 Å². The number of urea groups is 1. The molecule has 1 saturated heterocycles. The van der Waals surface area contributed by atoms with Crippen LogP contribution in [0.5, 0.6) is 0 Å². The van der Waals surface area contributed by atoms with Crippen molar-refractivity contribution in [1.29, 1.82) is 0 Å². The minimum absolute atomic E-state index is 0.276. The van der Waals surface area contributed by atoms with E-state index in [-0.39, 0.29) is 6.03 Å². The molecular formula is C12H23N3O3. The van der Waals surface area contributed by atoms with Gasteiger partial charge in [-0.2, -0.15) is 0 Å². The molecular weight excluding hydrogens is 234 g/mol. The van der Waals surface area contributed by atoms with Gasteiger partial charge in [-0.1, -0.05) is 0 Å². The molecule has 0 aromatic heterocycles. The van der Waals surface area contributed by atoms with E-state index in [1.165, 1.54) is 4.90 Å². The molecule has 1 rings (SSSR count). The molecule has 6 nitrogen and oxygen atoms in total. The minimum Gasteiger partial charge on any atom is -0.480 e. The van der Waals surface area contributed by atoms with Crippen LogP contribution in [0, 0.1) is 0 Å². The largest absolute Gasteiger partial charge is 0.480 e. The maximum Gasteiger partial charge on any atom is 0.329 e. The zero-order chi connectivity index (χ0) is 13.8. The number of hydrogen-bond donors (Lipinski definition) is 2. The predicted molar refractivity (Wildman–Crippen MR) is 68.6 cm³/mol. The summed E-state index contributed by atoms with van der Waals surface area (Å²) < 4.78 is 0. The van der Waals surface area contributed by atoms with E-state index in [2.05, 4.69) is 5.32 Å². The molecule has 1 heterocycles. The predicted octanol–water partition coefficient (Wildman–Crippen LogP) is 0.587. The first kappa shape index (κ1) is 14.8. The molecule has 1 aliphatic rings. The maximum absolute atomic E-state index is 12.0. The van der Waals surface area contributed by atoms with Gasteiger partial charge in [-0.3, -0.25) is 0 Å². The van der Waals surface area contributed by atoms with Gasteiger partial charge in [0.2, 0.25) is 0 Å². The number of rotatable bonds is 4. The molecule has 2 N–H and O–H groups in total. The standard InChI is InChI=1S/C12H23N3O3/c1-12(10(16)17)6-4-5-8-15(12)11(18)13-7-9-14(2)3/h4-9H2,1-3H3,(H,13,18)(H,16,17). The number of carbonyl (C=O) groups is 2. The summed E-state index contributed by atoms with van der Waals surface area (Å²) in [6.07, 6.45) is 2.23. The van der Waals surface area contributed by atoms with Gasteiger partial charge in [0.15, 0.2) is 0 Å². The van der Waals surface area contributed by atoms with Crippen LogP contribution < -0.4 is 5.32 Å². The summed E-state index contributed by atoms with van der Waals surface area (Å²) in [5, 5.41) is 12.1. The Hall–Kier alpha value is -1.30. The van der Waals surface area contributed by atoms with Crippen molar-refractivity contribution in [2.45, 2.75) is 31.7 Å². The van der Waals surface area contributed by atoms with Gasteiger partial charge in [-0.15, -0.1) is 0 Å². The second-order valence-electron chi connectivity index (χ2n) is 5.22. The molecule has 0 bridgehead atoms. The van der Waals surface area contributed by atoms with Crippen LogP contribution in [0.4, 0.5) is 4.79 Å². The minimum atomic E-state index is -1.07. The SMILES string of the molecule is CN(C)CCNC(=O)N1CCCCC1(C)C(=O)O. The van der Waals surface area contributed by atoms with Gasteiger partial charge < -0.3 is 20.2 Å². The molecule has 104 valence electrons. The normalized spacial score (nSPS) is 24.1. The van der Waals surface area contributed by atoms with Crippen LogP contribution >= 0.6 is 0 Å². The first-order valence-electron chi connectivity index (χ1n) is 6.31. The Balaban J connectivity index is 2.61. The van der Waals surface area contributed by atoms with Crippen molar-refractivity contribution in [3.8, 4) is 0 Å². The summed E-state index contributed by atoms with van der Waals surface area (Å²) in [5.41, 5.74) is -1.07. The highest BCUT2D eigenvalue weighted by molar-refractivity contribution is 5.86. The van der Waals surface area contributed by atoms with E-state index in [0.717, 1.165) is 19.4 Å². The van der Waals surface area contributed by atoms with Gasteiger partial charge in [0, 0.05) is 19.6 Å². The maximum atomic E-state index is 12.0. The molecule has 0 aliphatic carbocycles. The third-order valence-corrected chi connectivity index (χ3v) is 3.43. The Bertz CT molecular complexity index is 320. The van der Waals surface area contributed by atoms with Crippen molar-refractivity contribution >= 4 is 12.0 Å². The molecule has 0 aromatic carbocycles. The fraction of sp³-hybridized carbons (Fsp3) is 0.833. The summed E-state index contributed by atoms with van der Waals surface area (Å²) >= 11 is 0. The monoisotopic (exact) mass is 257 g/mol. The van der Waals surface area contributed by atoms with Crippen molar-refractivity contribution in [3.05, 3.63) is 0 Å². The Kier molecular flexibility index (Phi) is 4.95. The van der Waals surface area contributed by atoms with Crippen LogP contribution in [0.1, 0.15) is 26.2 Å². The number of carboxylic acids is 1. The number of likely N-dealkylation sites (tertiary alicyclic amines) is 1. The van der Waals surface area contributed by atoms with E-state index >= 15 is 0 Å². The molecule has 6 heteroatoms. The molecule has 1 unspecified atom stereocenters.